The standard InChI is InChI=1S/C22H24N4O7S.C2HF3O2/c23-8-4-10-33-17-7-9-26-16(13-17)11-15(12-20(26)27)21(28)24-14-19(22(29)30)25-34(31,32)18-5-2-1-3-6-18;3-2(4,5)1(6)7/h1-3,5-7,9,11-13,19,25H,4,8,10,14,23H2,(H,24,28)(H,29,30);(H,6,7)/t19-;/m0./s1. The van der Waals surface area contributed by atoms with E-state index in [1.54, 1.807) is 18.2 Å². The number of nitrogens with one attached hydrogen (secondary N) is 2. The Hall–Kier alpha value is -4.48. The lowest BCUT2D eigenvalue weighted by molar-refractivity contribution is -0.192. The van der Waals surface area contributed by atoms with Crippen LogP contribution in [0, 0.1) is 0 Å². The number of aromatic nitrogens is 1. The van der Waals surface area contributed by atoms with Gasteiger partial charge in [0.25, 0.3) is 11.5 Å². The molecule has 0 fully saturated rings. The molecule has 1 atom stereocenters. The Balaban J connectivity index is 0.000000745. The Morgan fingerprint density at radius 2 is 1.68 bits per heavy atom. The van der Waals surface area contributed by atoms with Gasteiger partial charge in [-0.1, -0.05) is 18.2 Å². The van der Waals surface area contributed by atoms with Crippen LogP contribution in [-0.2, 0) is 19.6 Å². The largest absolute Gasteiger partial charge is 0.493 e. The molecule has 0 saturated carbocycles. The van der Waals surface area contributed by atoms with Crippen molar-refractivity contribution in [3.63, 3.8) is 0 Å². The summed E-state index contributed by atoms with van der Waals surface area (Å²) in [5, 5.41) is 18.9. The van der Waals surface area contributed by atoms with Crippen LogP contribution in [0.5, 0.6) is 5.75 Å². The molecule has 1 amide bonds. The molecule has 41 heavy (non-hydrogen) atoms. The number of carbonyl (C=O) groups is 3. The van der Waals surface area contributed by atoms with Gasteiger partial charge in [0.1, 0.15) is 11.8 Å². The highest BCUT2D eigenvalue weighted by molar-refractivity contribution is 7.89. The molecule has 6 N–H and O–H groups in total. The zero-order valence-electron chi connectivity index (χ0n) is 21.0. The van der Waals surface area contributed by atoms with Crippen LogP contribution in [0.15, 0.2) is 70.5 Å². The van der Waals surface area contributed by atoms with Gasteiger partial charge in [0, 0.05) is 30.4 Å². The molecule has 222 valence electrons. The fraction of sp³-hybridized carbons (Fsp3) is 0.250. The molecule has 0 spiro atoms. The number of amides is 1. The normalized spacial score (nSPS) is 12.1. The number of benzene rings is 1. The predicted octanol–water partition coefficient (Wildman–Crippen LogP) is 0.822. The van der Waals surface area contributed by atoms with E-state index in [0.717, 1.165) is 6.07 Å². The van der Waals surface area contributed by atoms with Crippen molar-refractivity contribution in [2.24, 2.45) is 5.73 Å². The number of nitrogens with two attached hydrogens (primary N) is 1. The number of aliphatic carboxylic acids is 2. The van der Waals surface area contributed by atoms with Crippen LogP contribution >= 0.6 is 0 Å². The number of ether oxygens (including phenoxy) is 1. The number of rotatable bonds is 11. The first-order valence-corrected chi connectivity index (χ1v) is 13.0. The van der Waals surface area contributed by atoms with E-state index >= 15 is 0 Å². The highest BCUT2D eigenvalue weighted by Gasteiger charge is 2.38. The van der Waals surface area contributed by atoms with E-state index in [-0.39, 0.29) is 10.5 Å². The van der Waals surface area contributed by atoms with Gasteiger partial charge in [0.05, 0.1) is 17.0 Å². The van der Waals surface area contributed by atoms with E-state index in [4.69, 9.17) is 20.4 Å². The average molecular weight is 603 g/mol. The molecule has 3 aromatic rings. The number of halogens is 3. The molecular formula is C24H25F3N4O9S. The summed E-state index contributed by atoms with van der Waals surface area (Å²) < 4.78 is 65.5. The van der Waals surface area contributed by atoms with E-state index in [1.165, 1.54) is 40.9 Å². The lowest BCUT2D eigenvalue weighted by Crippen LogP contribution is -2.48. The fourth-order valence-corrected chi connectivity index (χ4v) is 4.25. The van der Waals surface area contributed by atoms with Gasteiger partial charge in [-0.25, -0.2) is 13.2 Å². The Kier molecular flexibility index (Phi) is 11.4. The molecule has 3 rings (SSSR count). The zero-order chi connectivity index (χ0) is 30.8. The Labute approximate surface area is 230 Å². The van der Waals surface area contributed by atoms with Gasteiger partial charge >= 0.3 is 18.1 Å². The van der Waals surface area contributed by atoms with Crippen molar-refractivity contribution in [2.75, 3.05) is 19.7 Å². The van der Waals surface area contributed by atoms with Crippen molar-refractivity contribution in [1.82, 2.24) is 14.4 Å². The van der Waals surface area contributed by atoms with Crippen molar-refractivity contribution < 1.29 is 50.9 Å². The molecule has 0 aliphatic rings. The summed E-state index contributed by atoms with van der Waals surface area (Å²) in [6, 6.07) is 11.4. The van der Waals surface area contributed by atoms with Crippen LogP contribution in [0.1, 0.15) is 16.8 Å². The highest BCUT2D eigenvalue weighted by Crippen LogP contribution is 2.15. The van der Waals surface area contributed by atoms with Gasteiger partial charge in [0.15, 0.2) is 0 Å². The van der Waals surface area contributed by atoms with Gasteiger partial charge in [0.2, 0.25) is 10.0 Å². The van der Waals surface area contributed by atoms with Crippen molar-refractivity contribution in [3.05, 3.63) is 76.7 Å². The number of alkyl halides is 3. The van der Waals surface area contributed by atoms with E-state index in [9.17, 15) is 41.1 Å². The SMILES string of the molecule is NCCCOc1ccn2c(=O)cc(C(=O)NC[C@H](NS(=O)(=O)c3ccccc3)C(=O)O)cc2c1.O=C(O)C(F)(F)F. The number of pyridine rings is 2. The minimum absolute atomic E-state index is 0.0147. The number of hydrogen-bond acceptors (Lipinski definition) is 8. The third kappa shape index (κ3) is 9.89. The molecule has 0 saturated heterocycles. The third-order valence-electron chi connectivity index (χ3n) is 5.01. The number of hydrogen-bond donors (Lipinski definition) is 5. The molecule has 17 heteroatoms. The van der Waals surface area contributed by atoms with Crippen LogP contribution in [0.2, 0.25) is 0 Å². The molecule has 2 aromatic heterocycles. The second kappa shape index (κ2) is 14.2. The molecule has 0 aliphatic carbocycles. The maximum atomic E-state index is 12.6. The first kappa shape index (κ1) is 32.7. The summed E-state index contributed by atoms with van der Waals surface area (Å²) in [4.78, 5) is 45.4. The number of nitrogens with zero attached hydrogens (tertiary/aromatic N) is 1. The molecule has 2 heterocycles. The summed E-state index contributed by atoms with van der Waals surface area (Å²) in [5.41, 5.74) is 5.34. The number of carboxylic acids is 2. The molecule has 0 bridgehead atoms. The van der Waals surface area contributed by atoms with Crippen LogP contribution in [0.25, 0.3) is 5.52 Å². The topological polar surface area (TPSA) is 207 Å². The van der Waals surface area contributed by atoms with E-state index < -0.39 is 52.2 Å². The smallest absolute Gasteiger partial charge is 0.490 e. The monoisotopic (exact) mass is 602 g/mol. The summed E-state index contributed by atoms with van der Waals surface area (Å²) in [5.74, 6) is -4.48. The number of sulfonamides is 1. The van der Waals surface area contributed by atoms with Gasteiger partial charge in [-0.05, 0) is 37.2 Å². The molecule has 13 nitrogen and oxygen atoms in total. The first-order chi connectivity index (χ1) is 19.2. The lowest BCUT2D eigenvalue weighted by atomic mass is 10.2. The van der Waals surface area contributed by atoms with Gasteiger partial charge in [-0.2, -0.15) is 17.9 Å². The number of fused-ring (bicyclic) bond motifs is 1. The molecule has 0 radical (unpaired) electrons. The number of carbonyl (C=O) groups excluding carboxylic acids is 1. The highest BCUT2D eigenvalue weighted by atomic mass is 32.2. The minimum Gasteiger partial charge on any atom is -0.493 e. The van der Waals surface area contributed by atoms with Crippen LogP contribution in [0.3, 0.4) is 0 Å². The molecule has 1 aromatic carbocycles. The molecular weight excluding hydrogens is 577 g/mol. The van der Waals surface area contributed by atoms with E-state index in [1.807, 2.05) is 0 Å². The Morgan fingerprint density at radius 1 is 1.05 bits per heavy atom. The maximum Gasteiger partial charge on any atom is 0.490 e. The van der Waals surface area contributed by atoms with Gasteiger partial charge in [-0.3, -0.25) is 18.8 Å². The Bertz CT molecular complexity index is 1550. The summed E-state index contributed by atoms with van der Waals surface area (Å²) >= 11 is 0. The second-order valence-corrected chi connectivity index (χ2v) is 9.78. The predicted molar refractivity (Wildman–Crippen MR) is 137 cm³/mol. The van der Waals surface area contributed by atoms with Crippen molar-refractivity contribution >= 4 is 33.4 Å². The summed E-state index contributed by atoms with van der Waals surface area (Å²) in [7, 11) is -4.12. The van der Waals surface area contributed by atoms with Crippen LogP contribution in [-0.4, -0.2) is 72.8 Å². The lowest BCUT2D eigenvalue weighted by Gasteiger charge is -2.16. The summed E-state index contributed by atoms with van der Waals surface area (Å²) in [6.45, 7) is 0.324. The summed E-state index contributed by atoms with van der Waals surface area (Å²) in [6.07, 6.45) is -2.92. The fourth-order valence-electron chi connectivity index (χ4n) is 3.04. The molecule has 0 unspecified atom stereocenters. The number of carboxylic acid groups (broad SMARTS) is 2. The molecule has 0 aliphatic heterocycles. The van der Waals surface area contributed by atoms with Crippen molar-refractivity contribution in [1.29, 1.82) is 0 Å². The van der Waals surface area contributed by atoms with E-state index in [2.05, 4.69) is 10.0 Å². The van der Waals surface area contributed by atoms with Crippen molar-refractivity contribution in [2.45, 2.75) is 23.5 Å². The first-order valence-electron chi connectivity index (χ1n) is 11.5. The van der Waals surface area contributed by atoms with Crippen molar-refractivity contribution in [3.8, 4) is 5.75 Å². The van der Waals surface area contributed by atoms with Gasteiger partial charge < -0.3 is 26.0 Å². The average Bonchev–Trinajstić information content (AvgIpc) is 2.91. The second-order valence-electron chi connectivity index (χ2n) is 8.07. The van der Waals surface area contributed by atoms with Gasteiger partial charge in [-0.15, -0.1) is 0 Å². The maximum absolute atomic E-state index is 12.6. The van der Waals surface area contributed by atoms with Crippen LogP contribution in [0.4, 0.5) is 13.2 Å². The minimum atomic E-state index is -5.08. The Morgan fingerprint density at radius 3 is 2.24 bits per heavy atom. The van der Waals surface area contributed by atoms with E-state index in [0.29, 0.717) is 30.8 Å². The van der Waals surface area contributed by atoms with Crippen LogP contribution < -0.4 is 26.1 Å². The zero-order valence-corrected chi connectivity index (χ0v) is 21.8. The third-order valence-corrected chi connectivity index (χ3v) is 6.50. The quantitative estimate of drug-likeness (QED) is 0.195.